The van der Waals surface area contributed by atoms with Crippen LogP contribution in [0, 0.1) is 6.92 Å². The molecule has 4 aromatic rings. The molecule has 1 heterocycles. The highest BCUT2D eigenvalue weighted by atomic mass is 32.2. The first-order chi connectivity index (χ1) is 23.5. The van der Waals surface area contributed by atoms with Gasteiger partial charge in [-0.2, -0.15) is 0 Å². The number of guanidine groups is 1. The first kappa shape index (κ1) is 36.9. The number of nitrogens with zero attached hydrogens (tertiary/aromatic N) is 2. The van der Waals surface area contributed by atoms with E-state index in [-0.39, 0.29) is 48.3 Å². The first-order valence-electron chi connectivity index (χ1n) is 15.7. The van der Waals surface area contributed by atoms with Crippen LogP contribution in [0.1, 0.15) is 44.9 Å². The highest BCUT2D eigenvalue weighted by Gasteiger charge is 2.32. The lowest BCUT2D eigenvalue weighted by Gasteiger charge is -2.25. The highest BCUT2D eigenvalue weighted by molar-refractivity contribution is 7.88. The second kappa shape index (κ2) is 18.0. The molecular weight excluding hydrogens is 663 g/mol. The largest absolute Gasteiger partial charge is 0.370 e. The molecule has 0 saturated carbocycles. The minimum Gasteiger partial charge on any atom is -0.370 e. The van der Waals surface area contributed by atoms with Gasteiger partial charge in [0.05, 0.1) is 11.8 Å². The number of nitrogens with one attached hydrogen (secondary N) is 3. The summed E-state index contributed by atoms with van der Waals surface area (Å²) in [5, 5.41) is 7.51. The van der Waals surface area contributed by atoms with E-state index in [4.69, 9.17) is 11.5 Å². The molecule has 0 aliphatic rings. The maximum Gasteiger partial charge on any atom is 0.243 e. The Morgan fingerprint density at radius 2 is 1.43 bits per heavy atom. The first-order valence-corrected chi connectivity index (χ1v) is 18.3. The van der Waals surface area contributed by atoms with Crippen molar-refractivity contribution in [2.45, 2.75) is 56.5 Å². The second-order valence-electron chi connectivity index (χ2n) is 11.5. The van der Waals surface area contributed by atoms with E-state index in [0.717, 1.165) is 28.0 Å². The van der Waals surface area contributed by atoms with Gasteiger partial charge in [-0.05, 0) is 48.4 Å². The highest BCUT2D eigenvalue weighted by Crippen LogP contribution is 2.15. The van der Waals surface area contributed by atoms with Gasteiger partial charge in [-0.3, -0.25) is 19.4 Å². The average Bonchev–Trinajstić information content (AvgIpc) is 3.62. The maximum atomic E-state index is 14.0. The number of carbonyl (C=O) groups is 3. The number of benzene rings is 3. The van der Waals surface area contributed by atoms with Crippen LogP contribution in [0.5, 0.6) is 0 Å². The van der Waals surface area contributed by atoms with Gasteiger partial charge in [-0.15, -0.1) is 11.3 Å². The molecule has 3 atom stereocenters. The number of aryl methyl sites for hydroxylation is 1. The molecule has 14 heteroatoms. The molecule has 12 nitrogen and oxygen atoms in total. The number of nitrogens with two attached hydrogens (primary N) is 2. The number of rotatable bonds is 18. The van der Waals surface area contributed by atoms with Gasteiger partial charge in [-0.1, -0.05) is 84.9 Å². The minimum absolute atomic E-state index is 0.0371. The molecule has 0 spiro atoms. The normalized spacial score (nSPS) is 13.1. The Morgan fingerprint density at radius 1 is 0.816 bits per heavy atom. The van der Waals surface area contributed by atoms with E-state index in [2.05, 4.69) is 25.3 Å². The number of Topliss-reactive ketones (excluding diaryl/α,β-unsaturated/α-hetero) is 1. The van der Waals surface area contributed by atoms with Crippen LogP contribution < -0.4 is 26.8 Å². The zero-order valence-corrected chi connectivity index (χ0v) is 28.8. The van der Waals surface area contributed by atoms with Crippen LogP contribution in [0.15, 0.2) is 101 Å². The smallest absolute Gasteiger partial charge is 0.243 e. The van der Waals surface area contributed by atoms with E-state index in [1.165, 1.54) is 6.20 Å². The maximum absolute atomic E-state index is 14.0. The molecule has 0 aliphatic heterocycles. The Labute approximate surface area is 290 Å². The third kappa shape index (κ3) is 11.9. The third-order valence-electron chi connectivity index (χ3n) is 7.66. The Kier molecular flexibility index (Phi) is 13.6. The minimum atomic E-state index is -3.99. The number of aliphatic imine (C=N–C) groups is 1. The Bertz CT molecular complexity index is 1820. The Hall–Kier alpha value is -4.92. The van der Waals surface area contributed by atoms with Crippen molar-refractivity contribution in [2.24, 2.45) is 16.5 Å². The zero-order valence-electron chi connectivity index (χ0n) is 27.1. The Balaban J connectivity index is 1.61. The lowest BCUT2D eigenvalue weighted by atomic mass is 9.98. The molecule has 0 saturated heterocycles. The predicted octanol–water partition coefficient (Wildman–Crippen LogP) is 2.63. The van der Waals surface area contributed by atoms with Crippen LogP contribution in [0.2, 0.25) is 0 Å². The number of hydrogen-bond donors (Lipinski definition) is 5. The number of hydrogen-bond acceptors (Lipinski definition) is 8. The van der Waals surface area contributed by atoms with E-state index in [1.807, 2.05) is 37.3 Å². The van der Waals surface area contributed by atoms with Crippen molar-refractivity contribution >= 4 is 44.9 Å². The van der Waals surface area contributed by atoms with Gasteiger partial charge in [0, 0.05) is 24.5 Å². The second-order valence-corrected chi connectivity index (χ2v) is 14.2. The molecule has 2 amide bonds. The summed E-state index contributed by atoms with van der Waals surface area (Å²) in [6.07, 6.45) is 2.22. The molecule has 0 aliphatic carbocycles. The molecule has 1 aromatic heterocycles. The van der Waals surface area contributed by atoms with E-state index in [0.29, 0.717) is 12.0 Å². The van der Waals surface area contributed by atoms with Crippen molar-refractivity contribution in [3.63, 3.8) is 0 Å². The summed E-state index contributed by atoms with van der Waals surface area (Å²) in [6, 6.07) is 21.7. The summed E-state index contributed by atoms with van der Waals surface area (Å²) >= 11 is 1.15. The summed E-state index contributed by atoms with van der Waals surface area (Å²) in [5.41, 5.74) is 13.9. The number of carbonyl (C=O) groups excluding carboxylic acids is 3. The number of sulfonamides is 1. The summed E-state index contributed by atoms with van der Waals surface area (Å²) in [7, 11) is -3.99. The van der Waals surface area contributed by atoms with Gasteiger partial charge in [0.25, 0.3) is 0 Å². The monoisotopic (exact) mass is 703 g/mol. The van der Waals surface area contributed by atoms with E-state index in [1.54, 1.807) is 60.0 Å². The number of amides is 2. The van der Waals surface area contributed by atoms with Crippen molar-refractivity contribution in [1.82, 2.24) is 20.3 Å². The van der Waals surface area contributed by atoms with E-state index in [9.17, 15) is 22.8 Å². The fourth-order valence-corrected chi connectivity index (χ4v) is 7.14. The summed E-state index contributed by atoms with van der Waals surface area (Å²) in [6.45, 7) is 2.13. The molecule has 49 heavy (non-hydrogen) atoms. The fraction of sp³-hybridized carbons (Fsp3) is 0.286. The van der Waals surface area contributed by atoms with Crippen molar-refractivity contribution in [3.05, 3.63) is 124 Å². The summed E-state index contributed by atoms with van der Waals surface area (Å²) in [4.78, 5) is 49.6. The summed E-state index contributed by atoms with van der Waals surface area (Å²) in [5.74, 6) is -2.11. The van der Waals surface area contributed by atoms with Crippen LogP contribution in [-0.2, 0) is 38.2 Å². The van der Waals surface area contributed by atoms with Crippen molar-refractivity contribution in [3.8, 4) is 0 Å². The van der Waals surface area contributed by atoms with Gasteiger partial charge >= 0.3 is 0 Å². The Morgan fingerprint density at radius 3 is 2.06 bits per heavy atom. The zero-order chi connectivity index (χ0) is 35.2. The molecule has 0 radical (unpaired) electrons. The van der Waals surface area contributed by atoms with Crippen LogP contribution in [0.3, 0.4) is 0 Å². The molecule has 7 N–H and O–H groups in total. The van der Waals surface area contributed by atoms with Gasteiger partial charge in [0.1, 0.15) is 12.1 Å². The molecule has 3 aromatic carbocycles. The van der Waals surface area contributed by atoms with E-state index < -0.39 is 40.0 Å². The standard InChI is InChI=1S/C35H41N7O5S2/c1-24-11-8-9-16-27(24)22-29(32(44)40-28(17-10-18-39-35(36)37)31(43)34-38-19-20-48-34)41-33(45)30(21-25-12-4-2-5-13-25)42-49(46,47)23-26-14-6-3-7-15-26/h2-9,11-16,19-20,28-30,42H,10,17-18,21-23H2,1H3,(H,40,44)(H,41,45)(H4,36,37,39). The van der Waals surface area contributed by atoms with Crippen molar-refractivity contribution in [1.29, 1.82) is 0 Å². The quantitative estimate of drug-likeness (QED) is 0.0451. The van der Waals surface area contributed by atoms with Crippen molar-refractivity contribution < 1.29 is 22.8 Å². The SMILES string of the molecule is Cc1ccccc1CC(NC(=O)C(Cc1ccccc1)NS(=O)(=O)Cc1ccccc1)C(=O)NC(CCCN=C(N)N)C(=O)c1nccs1. The van der Waals surface area contributed by atoms with Crippen LogP contribution in [0.25, 0.3) is 0 Å². The number of thiazole rings is 1. The van der Waals surface area contributed by atoms with Crippen LogP contribution in [-0.4, -0.2) is 61.6 Å². The van der Waals surface area contributed by atoms with Crippen LogP contribution in [0.4, 0.5) is 0 Å². The van der Waals surface area contributed by atoms with Crippen LogP contribution >= 0.6 is 11.3 Å². The predicted molar refractivity (Wildman–Crippen MR) is 191 cm³/mol. The topological polar surface area (TPSA) is 199 Å². The lowest BCUT2D eigenvalue weighted by Crippen LogP contribution is -2.57. The van der Waals surface area contributed by atoms with Crippen molar-refractivity contribution in [2.75, 3.05) is 6.54 Å². The molecule has 0 fully saturated rings. The average molecular weight is 704 g/mol. The van der Waals surface area contributed by atoms with E-state index >= 15 is 0 Å². The number of aromatic nitrogens is 1. The van der Waals surface area contributed by atoms with Gasteiger partial charge < -0.3 is 22.1 Å². The third-order valence-corrected chi connectivity index (χ3v) is 9.80. The molecule has 0 bridgehead atoms. The molecule has 4 rings (SSSR count). The lowest BCUT2D eigenvalue weighted by molar-refractivity contribution is -0.130. The van der Waals surface area contributed by atoms with Gasteiger partial charge in [-0.25, -0.2) is 18.1 Å². The summed E-state index contributed by atoms with van der Waals surface area (Å²) < 4.78 is 29.2. The number of ketones is 1. The fourth-order valence-electron chi connectivity index (χ4n) is 5.17. The van der Waals surface area contributed by atoms with Gasteiger partial charge in [0.2, 0.25) is 27.6 Å². The molecule has 258 valence electrons. The molecule has 3 unspecified atom stereocenters. The van der Waals surface area contributed by atoms with Gasteiger partial charge in [0.15, 0.2) is 11.0 Å². The molecular formula is C35H41N7O5S2.